The Morgan fingerprint density at radius 2 is 1.08 bits per heavy atom. The third-order valence-electron chi connectivity index (χ3n) is 4.87. The topological polar surface area (TPSA) is 147 Å². The monoisotopic (exact) mass is 516 g/mol. The van der Waals surface area contributed by atoms with Gasteiger partial charge in [0.1, 0.15) is 11.5 Å². The van der Waals surface area contributed by atoms with Crippen LogP contribution in [-0.2, 0) is 30.5 Å². The summed E-state index contributed by atoms with van der Waals surface area (Å²) in [5.41, 5.74) is 1.48. The Morgan fingerprint density at radius 1 is 0.703 bits per heavy atom. The summed E-state index contributed by atoms with van der Waals surface area (Å²) in [4.78, 5) is 35.8. The Bertz CT molecular complexity index is 1130. The third kappa shape index (κ3) is 8.29. The molecule has 0 aliphatic heterocycles. The first-order valence-corrected chi connectivity index (χ1v) is 10.8. The van der Waals surface area contributed by atoms with E-state index in [0.29, 0.717) is 28.2 Å². The van der Waals surface area contributed by atoms with E-state index in [-0.39, 0.29) is 23.9 Å². The largest absolute Gasteiger partial charge is 0.502 e. The lowest BCUT2D eigenvalue weighted by Crippen LogP contribution is -2.19. The third-order valence-corrected chi connectivity index (χ3v) is 4.87. The summed E-state index contributed by atoms with van der Waals surface area (Å²) >= 11 is 0. The van der Waals surface area contributed by atoms with E-state index in [2.05, 4.69) is 0 Å². The molecule has 0 unspecified atom stereocenters. The highest BCUT2D eigenvalue weighted by Crippen LogP contribution is 2.37. The predicted molar refractivity (Wildman–Crippen MR) is 132 cm³/mol. The minimum Gasteiger partial charge on any atom is -0.502 e. The first kappa shape index (κ1) is 28.7. The first-order chi connectivity index (χ1) is 17.8. The van der Waals surface area contributed by atoms with E-state index in [1.807, 2.05) is 0 Å². The summed E-state index contributed by atoms with van der Waals surface area (Å²) in [5, 5.41) is 19.4. The number of carbonyl (C=O) groups is 3. The van der Waals surface area contributed by atoms with Crippen LogP contribution in [-0.4, -0.2) is 69.6 Å². The molecule has 0 aromatic heterocycles. The van der Waals surface area contributed by atoms with Gasteiger partial charge < -0.3 is 38.6 Å². The summed E-state index contributed by atoms with van der Waals surface area (Å²) in [6, 6.07) is 6.15. The van der Waals surface area contributed by atoms with Gasteiger partial charge in [0.05, 0.1) is 40.6 Å². The summed E-state index contributed by atoms with van der Waals surface area (Å²) in [6.07, 6.45) is 5.00. The summed E-state index contributed by atoms with van der Waals surface area (Å²) < 4.78 is 30.2. The molecule has 2 rings (SSSR count). The van der Waals surface area contributed by atoms with Crippen molar-refractivity contribution < 1.29 is 53.0 Å². The summed E-state index contributed by atoms with van der Waals surface area (Å²) in [7, 11) is 5.61. The van der Waals surface area contributed by atoms with Gasteiger partial charge in [-0.1, -0.05) is 0 Å². The van der Waals surface area contributed by atoms with Crippen molar-refractivity contribution >= 4 is 29.9 Å². The molecule has 37 heavy (non-hydrogen) atoms. The molecule has 0 fully saturated rings. The molecule has 0 radical (unpaired) electrons. The molecule has 0 atom stereocenters. The number of aliphatic hydroxyl groups is 1. The normalized spacial score (nSPS) is 10.8. The van der Waals surface area contributed by atoms with Crippen molar-refractivity contribution in [1.82, 2.24) is 0 Å². The van der Waals surface area contributed by atoms with Crippen LogP contribution >= 0.6 is 0 Å². The molecular weight excluding hydrogens is 488 g/mol. The Hall–Kier alpha value is -4.51. The molecule has 0 bridgehead atoms. The molecule has 0 aliphatic rings. The lowest BCUT2D eigenvalue weighted by atomic mass is 10.1. The average molecular weight is 516 g/mol. The molecule has 2 aromatic rings. The highest BCUT2D eigenvalue weighted by molar-refractivity contribution is 5.92. The van der Waals surface area contributed by atoms with Gasteiger partial charge in [-0.2, -0.15) is 0 Å². The number of esters is 2. The molecule has 0 amide bonds. The van der Waals surface area contributed by atoms with Crippen LogP contribution < -0.4 is 18.9 Å². The average Bonchev–Trinajstić information content (AvgIpc) is 2.92. The van der Waals surface area contributed by atoms with E-state index < -0.39 is 30.9 Å². The number of ether oxygens (including phenoxy) is 6. The van der Waals surface area contributed by atoms with Gasteiger partial charge >= 0.3 is 11.9 Å². The zero-order chi connectivity index (χ0) is 27.4. The van der Waals surface area contributed by atoms with Crippen LogP contribution in [0.5, 0.6) is 28.7 Å². The van der Waals surface area contributed by atoms with Gasteiger partial charge in [0.2, 0.25) is 11.5 Å². The van der Waals surface area contributed by atoms with Gasteiger partial charge in [-0.15, -0.1) is 0 Å². The molecule has 2 N–H and O–H groups in total. The molecule has 0 spiro atoms. The van der Waals surface area contributed by atoms with Crippen LogP contribution in [0.2, 0.25) is 0 Å². The number of benzene rings is 2. The molecule has 2 aromatic carbocycles. The van der Waals surface area contributed by atoms with Gasteiger partial charge in [-0.05, 0) is 47.5 Å². The van der Waals surface area contributed by atoms with E-state index in [0.717, 1.165) is 12.2 Å². The van der Waals surface area contributed by atoms with Crippen molar-refractivity contribution in [2.45, 2.75) is 6.61 Å². The summed E-state index contributed by atoms with van der Waals surface area (Å²) in [6.45, 7) is -1.48. The smallest absolute Gasteiger partial charge is 0.331 e. The highest BCUT2D eigenvalue weighted by atomic mass is 16.6. The van der Waals surface area contributed by atoms with Crippen molar-refractivity contribution in [3.63, 3.8) is 0 Å². The van der Waals surface area contributed by atoms with Crippen molar-refractivity contribution in [2.75, 3.05) is 41.7 Å². The number of carbonyl (C=O) groups excluding carboxylic acids is 3. The fourth-order valence-electron chi connectivity index (χ4n) is 3.04. The molecule has 0 aliphatic carbocycles. The number of Topliss-reactive ketones (excluding diaryl/α,β-unsaturated/α-hetero) is 1. The van der Waals surface area contributed by atoms with Crippen LogP contribution in [0.3, 0.4) is 0 Å². The Morgan fingerprint density at radius 3 is 1.43 bits per heavy atom. The minimum atomic E-state index is -0.806. The van der Waals surface area contributed by atoms with E-state index in [1.54, 1.807) is 12.1 Å². The van der Waals surface area contributed by atoms with Crippen molar-refractivity contribution in [3.8, 4) is 28.7 Å². The quantitative estimate of drug-likeness (QED) is 0.298. The lowest BCUT2D eigenvalue weighted by Gasteiger charge is -2.12. The molecule has 0 heterocycles. The fourth-order valence-corrected chi connectivity index (χ4v) is 3.04. The maximum atomic E-state index is 12.0. The Labute approximate surface area is 213 Å². The second-order valence-electron chi connectivity index (χ2n) is 7.26. The SMILES string of the molecule is COc1cc(/C=C/C(=O)OCC(=O)COC(=O)/C=C/c2cc(OC)c(CO)c(OC)c2)cc(OC)c1O. The number of ketones is 1. The Kier molecular flexibility index (Phi) is 11.0. The van der Waals surface area contributed by atoms with Crippen LogP contribution in [0.4, 0.5) is 0 Å². The standard InChI is InChI=1S/C26H28O11/c1-32-20-9-16(10-21(33-2)19(20)13-27)5-7-24(29)36-14-18(28)15-37-25(30)8-6-17-11-22(34-3)26(31)23(12-17)35-4/h5-12,27,31H,13-15H2,1-4H3/b7-5+,8-6+. The molecule has 11 heteroatoms. The van der Waals surface area contributed by atoms with Gasteiger partial charge in [-0.25, -0.2) is 9.59 Å². The van der Waals surface area contributed by atoms with E-state index in [4.69, 9.17) is 28.4 Å². The Balaban J connectivity index is 1.86. The van der Waals surface area contributed by atoms with Gasteiger partial charge in [-0.3, -0.25) is 4.79 Å². The second kappa shape index (κ2) is 14.1. The highest BCUT2D eigenvalue weighted by Gasteiger charge is 2.13. The zero-order valence-electron chi connectivity index (χ0n) is 20.8. The van der Waals surface area contributed by atoms with Crippen molar-refractivity contribution in [3.05, 3.63) is 53.1 Å². The number of aliphatic hydroxyl groups excluding tert-OH is 1. The van der Waals surface area contributed by atoms with Crippen LogP contribution in [0.25, 0.3) is 12.2 Å². The maximum absolute atomic E-state index is 12.0. The van der Waals surface area contributed by atoms with Gasteiger partial charge in [0.25, 0.3) is 0 Å². The van der Waals surface area contributed by atoms with E-state index in [1.165, 1.54) is 52.7 Å². The number of rotatable bonds is 13. The minimum absolute atomic E-state index is 0.152. The molecular formula is C26H28O11. The second-order valence-corrected chi connectivity index (χ2v) is 7.26. The molecule has 0 saturated carbocycles. The van der Waals surface area contributed by atoms with E-state index in [9.17, 15) is 24.6 Å². The fraction of sp³-hybridized carbons (Fsp3) is 0.269. The van der Waals surface area contributed by atoms with Gasteiger partial charge in [0, 0.05) is 12.2 Å². The lowest BCUT2D eigenvalue weighted by molar-refractivity contribution is -0.148. The molecule has 198 valence electrons. The van der Waals surface area contributed by atoms with Crippen molar-refractivity contribution in [1.29, 1.82) is 0 Å². The zero-order valence-corrected chi connectivity index (χ0v) is 20.8. The van der Waals surface area contributed by atoms with Crippen LogP contribution in [0, 0.1) is 0 Å². The summed E-state index contributed by atoms with van der Waals surface area (Å²) in [5.74, 6) is -1.35. The number of phenolic OH excluding ortho intramolecular Hbond substituents is 1. The van der Waals surface area contributed by atoms with E-state index >= 15 is 0 Å². The van der Waals surface area contributed by atoms with Gasteiger partial charge in [0.15, 0.2) is 24.7 Å². The number of methoxy groups -OCH3 is 4. The molecule has 0 saturated heterocycles. The van der Waals surface area contributed by atoms with Crippen LogP contribution in [0.15, 0.2) is 36.4 Å². The maximum Gasteiger partial charge on any atom is 0.331 e. The molecule has 11 nitrogen and oxygen atoms in total. The first-order valence-electron chi connectivity index (χ1n) is 10.8. The number of aromatic hydroxyl groups is 1. The number of phenols is 1. The predicted octanol–water partition coefficient (Wildman–Crippen LogP) is 2.30. The van der Waals surface area contributed by atoms with Crippen LogP contribution in [0.1, 0.15) is 16.7 Å². The number of hydrogen-bond donors (Lipinski definition) is 2. The number of hydrogen-bond acceptors (Lipinski definition) is 11. The van der Waals surface area contributed by atoms with Crippen molar-refractivity contribution in [2.24, 2.45) is 0 Å².